The summed E-state index contributed by atoms with van der Waals surface area (Å²) in [6.45, 7) is 7.19. The van der Waals surface area contributed by atoms with E-state index in [4.69, 9.17) is 0 Å². The number of rotatable bonds is 6. The molecule has 0 spiro atoms. The Kier molecular flexibility index (Phi) is 5.32. The summed E-state index contributed by atoms with van der Waals surface area (Å²) in [5.74, 6) is -0.131. The summed E-state index contributed by atoms with van der Waals surface area (Å²) in [6, 6.07) is 10.1. The van der Waals surface area contributed by atoms with Gasteiger partial charge in [-0.05, 0) is 55.6 Å². The summed E-state index contributed by atoms with van der Waals surface area (Å²) < 4.78 is 13.7. The normalized spacial score (nSPS) is 12.6. The molecule has 1 aromatic carbocycles. The third-order valence-electron chi connectivity index (χ3n) is 3.48. The lowest BCUT2D eigenvalue weighted by molar-refractivity contribution is 0.525. The van der Waals surface area contributed by atoms with Crippen LogP contribution < -0.4 is 5.32 Å². The third-order valence-corrected chi connectivity index (χ3v) is 4.72. The fourth-order valence-corrected chi connectivity index (χ4v) is 3.37. The highest BCUT2D eigenvalue weighted by atomic mass is 32.1. The fraction of sp³-hybridized carbons (Fsp3) is 0.412. The predicted octanol–water partition coefficient (Wildman–Crippen LogP) is 5.31. The van der Waals surface area contributed by atoms with E-state index in [2.05, 4.69) is 31.3 Å². The van der Waals surface area contributed by atoms with E-state index in [1.165, 1.54) is 4.88 Å². The van der Waals surface area contributed by atoms with Crippen LogP contribution in [0.3, 0.4) is 0 Å². The molecular formula is C17H22FNS. The standard InChI is InChI=1S/C17H22FNS/c1-4-10-19-15(5-2)17-9-8-16(20-17)13-7-6-12(3)14(18)11-13/h6-9,11,15,19H,4-5,10H2,1-3H3. The Bertz CT molecular complexity index is 562. The molecule has 0 aliphatic heterocycles. The quantitative estimate of drug-likeness (QED) is 0.760. The Morgan fingerprint density at radius 3 is 2.65 bits per heavy atom. The van der Waals surface area contributed by atoms with Crippen LogP contribution in [0.5, 0.6) is 0 Å². The van der Waals surface area contributed by atoms with Gasteiger partial charge in [0, 0.05) is 15.8 Å². The number of thiophene rings is 1. The molecule has 20 heavy (non-hydrogen) atoms. The SMILES string of the molecule is CCCNC(CC)c1ccc(-c2ccc(C)c(F)c2)s1. The molecule has 1 unspecified atom stereocenters. The predicted molar refractivity (Wildman–Crippen MR) is 85.8 cm³/mol. The maximum Gasteiger partial charge on any atom is 0.126 e. The van der Waals surface area contributed by atoms with Gasteiger partial charge in [0.2, 0.25) is 0 Å². The molecule has 0 bridgehead atoms. The Morgan fingerprint density at radius 2 is 2.00 bits per heavy atom. The van der Waals surface area contributed by atoms with Crippen molar-refractivity contribution in [1.29, 1.82) is 0 Å². The van der Waals surface area contributed by atoms with Crippen molar-refractivity contribution in [3.63, 3.8) is 0 Å². The fourth-order valence-electron chi connectivity index (χ4n) is 2.21. The number of aryl methyl sites for hydroxylation is 1. The molecule has 0 saturated carbocycles. The summed E-state index contributed by atoms with van der Waals surface area (Å²) in [7, 11) is 0. The Balaban J connectivity index is 2.20. The van der Waals surface area contributed by atoms with E-state index in [9.17, 15) is 4.39 Å². The smallest absolute Gasteiger partial charge is 0.126 e. The van der Waals surface area contributed by atoms with Gasteiger partial charge in [-0.1, -0.05) is 26.0 Å². The molecule has 0 aliphatic rings. The van der Waals surface area contributed by atoms with E-state index in [0.717, 1.165) is 29.8 Å². The van der Waals surface area contributed by atoms with Gasteiger partial charge in [-0.2, -0.15) is 0 Å². The Labute approximate surface area is 124 Å². The van der Waals surface area contributed by atoms with Crippen molar-refractivity contribution in [2.75, 3.05) is 6.54 Å². The summed E-state index contributed by atoms with van der Waals surface area (Å²) in [4.78, 5) is 2.47. The molecule has 0 amide bonds. The van der Waals surface area contributed by atoms with Crippen molar-refractivity contribution in [2.45, 2.75) is 39.7 Å². The van der Waals surface area contributed by atoms with Crippen molar-refractivity contribution < 1.29 is 4.39 Å². The zero-order chi connectivity index (χ0) is 14.5. The number of hydrogen-bond donors (Lipinski definition) is 1. The van der Waals surface area contributed by atoms with E-state index in [0.29, 0.717) is 11.6 Å². The molecule has 1 heterocycles. The minimum atomic E-state index is -0.131. The molecule has 0 radical (unpaired) electrons. The average molecular weight is 291 g/mol. The number of nitrogens with one attached hydrogen (secondary N) is 1. The molecule has 3 heteroatoms. The minimum Gasteiger partial charge on any atom is -0.309 e. The molecule has 1 aromatic heterocycles. The van der Waals surface area contributed by atoms with E-state index in [1.807, 2.05) is 12.1 Å². The number of halogens is 1. The van der Waals surface area contributed by atoms with Gasteiger partial charge in [-0.3, -0.25) is 0 Å². The van der Waals surface area contributed by atoms with Gasteiger partial charge in [-0.15, -0.1) is 11.3 Å². The van der Waals surface area contributed by atoms with Crippen LogP contribution in [-0.2, 0) is 0 Å². The lowest BCUT2D eigenvalue weighted by Crippen LogP contribution is -2.20. The monoisotopic (exact) mass is 291 g/mol. The van der Waals surface area contributed by atoms with Gasteiger partial charge >= 0.3 is 0 Å². The van der Waals surface area contributed by atoms with Crippen LogP contribution in [0.4, 0.5) is 4.39 Å². The van der Waals surface area contributed by atoms with Gasteiger partial charge in [0.15, 0.2) is 0 Å². The molecule has 108 valence electrons. The number of benzene rings is 1. The summed E-state index contributed by atoms with van der Waals surface area (Å²) >= 11 is 1.75. The van der Waals surface area contributed by atoms with Crippen molar-refractivity contribution in [3.8, 4) is 10.4 Å². The van der Waals surface area contributed by atoms with Crippen molar-refractivity contribution >= 4 is 11.3 Å². The lowest BCUT2D eigenvalue weighted by atomic mass is 10.1. The average Bonchev–Trinajstić information content (AvgIpc) is 2.92. The first-order valence-corrected chi connectivity index (χ1v) is 8.07. The van der Waals surface area contributed by atoms with Crippen molar-refractivity contribution in [1.82, 2.24) is 5.32 Å². The van der Waals surface area contributed by atoms with Crippen LogP contribution in [0.1, 0.15) is 43.2 Å². The summed E-state index contributed by atoms with van der Waals surface area (Å²) in [6.07, 6.45) is 2.21. The highest BCUT2D eigenvalue weighted by Gasteiger charge is 2.12. The Morgan fingerprint density at radius 1 is 1.20 bits per heavy atom. The van der Waals surface area contributed by atoms with Crippen molar-refractivity contribution in [2.24, 2.45) is 0 Å². The van der Waals surface area contributed by atoms with Crippen LogP contribution >= 0.6 is 11.3 Å². The van der Waals surface area contributed by atoms with Gasteiger partial charge in [-0.25, -0.2) is 4.39 Å². The van der Waals surface area contributed by atoms with Gasteiger partial charge < -0.3 is 5.32 Å². The van der Waals surface area contributed by atoms with Crippen LogP contribution in [0.2, 0.25) is 0 Å². The van der Waals surface area contributed by atoms with E-state index in [1.54, 1.807) is 24.3 Å². The molecule has 1 nitrogen and oxygen atoms in total. The summed E-state index contributed by atoms with van der Waals surface area (Å²) in [5.41, 5.74) is 1.66. The zero-order valence-electron chi connectivity index (χ0n) is 12.4. The second kappa shape index (κ2) is 7.00. The van der Waals surface area contributed by atoms with Crippen LogP contribution in [0, 0.1) is 12.7 Å². The van der Waals surface area contributed by atoms with Crippen molar-refractivity contribution in [3.05, 3.63) is 46.6 Å². The molecule has 0 aliphatic carbocycles. The molecule has 1 atom stereocenters. The first-order valence-electron chi connectivity index (χ1n) is 7.25. The minimum absolute atomic E-state index is 0.131. The molecule has 2 rings (SSSR count). The topological polar surface area (TPSA) is 12.0 Å². The molecule has 0 saturated heterocycles. The molecule has 2 aromatic rings. The van der Waals surface area contributed by atoms with E-state index >= 15 is 0 Å². The molecule has 0 fully saturated rings. The van der Waals surface area contributed by atoms with Crippen LogP contribution in [0.25, 0.3) is 10.4 Å². The largest absolute Gasteiger partial charge is 0.309 e. The summed E-state index contributed by atoms with van der Waals surface area (Å²) in [5, 5.41) is 3.56. The van der Waals surface area contributed by atoms with E-state index in [-0.39, 0.29) is 5.82 Å². The second-order valence-corrected chi connectivity index (χ2v) is 6.20. The third kappa shape index (κ3) is 3.47. The number of hydrogen-bond acceptors (Lipinski definition) is 2. The highest BCUT2D eigenvalue weighted by molar-refractivity contribution is 7.15. The maximum absolute atomic E-state index is 13.7. The molecular weight excluding hydrogens is 269 g/mol. The first kappa shape index (κ1) is 15.2. The van der Waals surface area contributed by atoms with Gasteiger partial charge in [0.25, 0.3) is 0 Å². The zero-order valence-corrected chi connectivity index (χ0v) is 13.2. The van der Waals surface area contributed by atoms with Crippen LogP contribution in [-0.4, -0.2) is 6.54 Å². The first-order chi connectivity index (χ1) is 9.65. The lowest BCUT2D eigenvalue weighted by Gasteiger charge is -2.14. The van der Waals surface area contributed by atoms with Gasteiger partial charge in [0.05, 0.1) is 0 Å². The maximum atomic E-state index is 13.7. The van der Waals surface area contributed by atoms with E-state index < -0.39 is 0 Å². The Hall–Kier alpha value is -1.19. The highest BCUT2D eigenvalue weighted by Crippen LogP contribution is 2.33. The molecule has 1 N–H and O–H groups in total. The van der Waals surface area contributed by atoms with Crippen LogP contribution in [0.15, 0.2) is 30.3 Å². The van der Waals surface area contributed by atoms with Gasteiger partial charge in [0.1, 0.15) is 5.82 Å². The second-order valence-electron chi connectivity index (χ2n) is 5.08.